The second-order valence-electron chi connectivity index (χ2n) is 54.3. The van der Waals surface area contributed by atoms with Crippen molar-refractivity contribution in [2.45, 2.75) is 473 Å². The van der Waals surface area contributed by atoms with E-state index in [4.69, 9.17) is 32.9 Å². The highest BCUT2D eigenvalue weighted by atomic mass is 19.1. The number of nitrogens with zero attached hydrogens (tertiary/aromatic N) is 7. The Morgan fingerprint density at radius 3 is 1.30 bits per heavy atom. The first-order chi connectivity index (χ1) is 67.8. The number of carbonyl (C=O) groups is 2. The maximum atomic E-state index is 12.6. The minimum Gasteiger partial charge on any atom is -0.444 e. The molecule has 5 aromatic rings. The quantitative estimate of drug-likeness (QED) is 0.0938. The van der Waals surface area contributed by atoms with Crippen LogP contribution < -0.4 is 5.32 Å². The average molecular weight is 2050 g/mol. The largest absolute Gasteiger partial charge is 0.444 e. The Bertz CT molecular complexity index is 4170. The van der Waals surface area contributed by atoms with E-state index in [2.05, 4.69) is 325 Å². The van der Waals surface area contributed by atoms with Gasteiger partial charge >= 0.3 is 6.09 Å². The number of benzene rings is 1. The van der Waals surface area contributed by atoms with Crippen LogP contribution in [0.5, 0.6) is 0 Å². The average Bonchev–Trinajstić information content (AvgIpc) is 1.59. The third kappa shape index (κ3) is 43.4. The number of hydrogen-bond acceptors (Lipinski definition) is 13. The summed E-state index contributed by atoms with van der Waals surface area (Å²) in [5, 5.41) is 12.3. The zero-order valence-electron chi connectivity index (χ0n) is 103. The van der Waals surface area contributed by atoms with E-state index < -0.39 is 6.17 Å². The van der Waals surface area contributed by atoms with Gasteiger partial charge < -0.3 is 52.6 Å². The highest BCUT2D eigenvalue weighted by Gasteiger charge is 2.55. The van der Waals surface area contributed by atoms with Gasteiger partial charge in [0.15, 0.2) is 0 Å². The molecule has 1 N–H and O–H groups in total. The third-order valence-corrected chi connectivity index (χ3v) is 37.0. The van der Waals surface area contributed by atoms with E-state index in [1.165, 1.54) is 145 Å². The number of pyridine rings is 1. The van der Waals surface area contributed by atoms with Crippen LogP contribution in [0.2, 0.25) is 0 Å². The molecule has 18 heteroatoms. The van der Waals surface area contributed by atoms with Crippen LogP contribution >= 0.6 is 0 Å². The van der Waals surface area contributed by atoms with Crippen LogP contribution in [0.4, 0.5) is 9.18 Å². The molecule has 17 nitrogen and oxygen atoms in total. The number of nitrogens with one attached hydrogen (secondary N) is 1. The van der Waals surface area contributed by atoms with E-state index in [-0.39, 0.29) is 34.2 Å². The van der Waals surface area contributed by atoms with Crippen LogP contribution in [-0.2, 0) is 40.3 Å². The van der Waals surface area contributed by atoms with E-state index in [0.29, 0.717) is 76.7 Å². The summed E-state index contributed by atoms with van der Waals surface area (Å²) in [6, 6.07) is 19.2. The van der Waals surface area contributed by atoms with Gasteiger partial charge in [0.25, 0.3) is 0 Å². The number of rotatable bonds is 17. The van der Waals surface area contributed by atoms with Gasteiger partial charge in [-0.3, -0.25) is 9.69 Å². The molecule has 13 fully saturated rings. The molecule has 4 aliphatic carbocycles. The minimum absolute atomic E-state index is 0.0666. The van der Waals surface area contributed by atoms with Crippen molar-refractivity contribution in [2.24, 2.45) is 128 Å². The SMILES string of the molecule is CC(C)C1(C)CCC1.CC(C)C1(C)CCC1.CC(C)C1(C)CCCO1.CC(C)C1(C)CCOC1.CC(C)C1(C)CCOCC1.CC(C)C1(C)CN(C(=O)OC(C)(C)C)C1.CC(C)C1C2COCC21.CC(C)C1CCC1.CC(C)C1CCO1.CC(C)N1CCCC1.CC(C)[C@]1(C)CCC(=O)N1.CC(C)c1cnn2ccccc12.CC(C)c1onc2ccccc12.CC(F)CN1CC(C)(C(C)C)C1.Cc1ccc(C(C)C)n1C. The number of aryl methyl sites for hydroxylation is 1. The second kappa shape index (κ2) is 62.0. The van der Waals surface area contributed by atoms with E-state index in [9.17, 15) is 14.0 Å². The molecule has 146 heavy (non-hydrogen) atoms. The molecule has 4 saturated carbocycles. The minimum atomic E-state index is -0.679. The first-order valence-electron chi connectivity index (χ1n) is 59.1. The van der Waals surface area contributed by atoms with Gasteiger partial charge in [0.05, 0.1) is 43.2 Å². The Balaban J connectivity index is 0.000000327. The Morgan fingerprint density at radius 2 is 1.01 bits per heavy atom. The van der Waals surface area contributed by atoms with Crippen molar-refractivity contribution in [3.63, 3.8) is 0 Å². The van der Waals surface area contributed by atoms with Gasteiger partial charge in [0.1, 0.15) is 23.0 Å². The van der Waals surface area contributed by atoms with Crippen molar-refractivity contribution < 1.29 is 46.9 Å². The summed E-state index contributed by atoms with van der Waals surface area (Å²) in [6.07, 6.45) is 28.9. The number of ether oxygens (including phenoxy) is 6. The lowest BCUT2D eigenvalue weighted by Gasteiger charge is -2.51. The second-order valence-corrected chi connectivity index (χ2v) is 54.3. The third-order valence-electron chi connectivity index (χ3n) is 37.0. The van der Waals surface area contributed by atoms with Crippen molar-refractivity contribution in [2.75, 3.05) is 98.7 Å². The van der Waals surface area contributed by atoms with Gasteiger partial charge in [-0.1, -0.05) is 291 Å². The van der Waals surface area contributed by atoms with Gasteiger partial charge in [-0.2, -0.15) is 5.10 Å². The number of hydrogen-bond donors (Lipinski definition) is 1. The van der Waals surface area contributed by atoms with E-state index in [1.54, 1.807) is 11.8 Å². The number of alkyl halides is 1. The van der Waals surface area contributed by atoms with Crippen molar-refractivity contribution in [1.29, 1.82) is 0 Å². The molecule has 7 atom stereocenters. The number of carbonyl (C=O) groups excluding carboxylic acids is 2. The zero-order valence-corrected chi connectivity index (χ0v) is 103. The number of halogens is 1. The first kappa shape index (κ1) is 133. The normalized spacial score (nSPS) is 24.7. The highest BCUT2D eigenvalue weighted by molar-refractivity contribution is 5.80. The van der Waals surface area contributed by atoms with Gasteiger partial charge in [-0.05, 0) is 323 Å². The van der Waals surface area contributed by atoms with E-state index in [1.807, 2.05) is 74.1 Å². The van der Waals surface area contributed by atoms with Crippen molar-refractivity contribution in [1.82, 2.24) is 39.4 Å². The Labute approximate surface area is 898 Å². The topological polar surface area (TPSA) is 160 Å². The standard InChI is InChI=1S/C12H23NO2.C10H20FN.C10H12N2.C10H11NO.C9H15N.C9H18O.C8H15NO.C8H14O.2C8H16O.2C8H16.C7H15N.C7H14.C6H12O/c1-9(2)12(6)7-13(8-12)10(14)15-11(3,4)5;1-8(2)10(4)6-12(7-10)5-9(3)11;1-8(2)9-7-11-12-6-4-3-5-10(9)12;1-7(2)10-8-5-3-4-6-9(8)11-12-10;1-7(2)9-6-5-8(3)10(9)4;1-8(2)9(3)4-6-10-7-5-9;1-6(2)8(3)5-4-7(10)9-8;1-5(2)8-6-3-9-4-7(6)8;1-7(2)8(3)4-5-9-6-8;1-7(2)8(3)5-4-6-9-8;2*1-7(2)8(3)5-4-6-8;1-7(2)8-5-3-4-6-8;1-6(2)7-4-3-5-7;1-5(2)6-3-4-7-6/h9H,7-8H2,1-6H3;8-9H,5-7H2,1-4H3;3-8H,1-2H3;3-7H,1-2H3;5-7H,1-4H3;8H,4-7H2,1-3H3;6H,4-5H2,1-3H3,(H,9,10);5-8H,3-4H2,1-2H3;2*7H,4-6H2,1-3H3;2*7H,4-6H2,1-3H3;7H,3-6H2,1-2H3;6-7H,3-5H2,1-2H3;5-6H,3-4H2,1-2H3/t;;;;;;8-;;;;;;;;/m......0......../s1. The predicted octanol–water partition coefficient (Wildman–Crippen LogP) is 33.7. The van der Waals surface area contributed by atoms with Gasteiger partial charge in [0.2, 0.25) is 5.91 Å². The molecule has 4 aromatic heterocycles. The van der Waals surface area contributed by atoms with Crippen molar-refractivity contribution in [3.8, 4) is 0 Å². The monoisotopic (exact) mass is 2050 g/mol. The van der Waals surface area contributed by atoms with E-state index in [0.717, 1.165) is 184 Å². The molecule has 9 aliphatic heterocycles. The van der Waals surface area contributed by atoms with Crippen molar-refractivity contribution in [3.05, 3.63) is 89.7 Å². The summed E-state index contributed by atoms with van der Waals surface area (Å²) in [6.45, 7) is 110. The van der Waals surface area contributed by atoms with Crippen LogP contribution in [0.25, 0.3) is 16.4 Å². The number of likely N-dealkylation sites (tertiary alicyclic amines) is 3. The summed E-state index contributed by atoms with van der Waals surface area (Å²) >= 11 is 0. The number of aromatic nitrogens is 4. The van der Waals surface area contributed by atoms with Gasteiger partial charge in [-0.15, -0.1) is 0 Å². The summed E-state index contributed by atoms with van der Waals surface area (Å²) in [7, 11) is 2.12. The molecule has 6 unspecified atom stereocenters. The molecular weight excluding hydrogens is 1810 g/mol. The Kier molecular flexibility index (Phi) is 56.6. The van der Waals surface area contributed by atoms with Crippen molar-refractivity contribution >= 4 is 28.4 Å². The fourth-order valence-electron chi connectivity index (χ4n) is 20.5. The molecule has 18 rings (SSSR count). The smallest absolute Gasteiger partial charge is 0.410 e. The van der Waals surface area contributed by atoms with Gasteiger partial charge in [-0.25, -0.2) is 13.7 Å². The molecule has 0 bridgehead atoms. The summed E-state index contributed by atoms with van der Waals surface area (Å²) in [5.41, 5.74) is 9.28. The fraction of sp³-hybridized carbons (Fsp3) is 0.844. The molecule has 1 aromatic carbocycles. The molecule has 0 radical (unpaired) electrons. The van der Waals surface area contributed by atoms with Crippen LogP contribution in [0.15, 0.2) is 71.5 Å². The Hall–Kier alpha value is -4.95. The van der Waals surface area contributed by atoms with Crippen LogP contribution in [0, 0.1) is 128 Å². The molecule has 2 amide bonds. The predicted molar refractivity (Wildman–Crippen MR) is 620 cm³/mol. The van der Waals surface area contributed by atoms with E-state index >= 15 is 0 Å². The zero-order chi connectivity index (χ0) is 111. The number of amides is 2. The summed E-state index contributed by atoms with van der Waals surface area (Å²) in [5.74, 6) is 15.2. The van der Waals surface area contributed by atoms with Crippen LogP contribution in [-0.4, -0.2) is 180 Å². The summed E-state index contributed by atoms with van der Waals surface area (Å²) in [4.78, 5) is 29.0. The van der Waals surface area contributed by atoms with Crippen LogP contribution in [0.3, 0.4) is 0 Å². The lowest BCUT2D eigenvalue weighted by atomic mass is 9.64. The molecule has 846 valence electrons. The van der Waals surface area contributed by atoms with Gasteiger partial charge in [0, 0.05) is 131 Å². The molecule has 0 spiro atoms. The molecule has 13 aliphatic rings. The first-order valence-corrected chi connectivity index (χ1v) is 59.1. The molecule has 13 heterocycles. The lowest BCUT2D eigenvalue weighted by Crippen LogP contribution is -2.60. The Morgan fingerprint density at radius 1 is 0.507 bits per heavy atom. The maximum absolute atomic E-state index is 12.6. The molecule has 9 saturated heterocycles. The number of fused-ring (bicyclic) bond motifs is 3. The highest BCUT2D eigenvalue weighted by Crippen LogP contribution is 2.55. The molecular formula is C128H233FN8O9. The maximum Gasteiger partial charge on any atom is 0.410 e. The van der Waals surface area contributed by atoms with Crippen LogP contribution in [0.1, 0.15) is 453 Å². The fourth-order valence-corrected chi connectivity index (χ4v) is 20.5. The lowest BCUT2D eigenvalue weighted by molar-refractivity contribution is -0.120. The summed E-state index contributed by atoms with van der Waals surface area (Å²) < 4.78 is 54.0.